The molecule has 0 aromatic heterocycles. The van der Waals surface area contributed by atoms with Crippen LogP contribution in [0.15, 0.2) is 60.7 Å². The van der Waals surface area contributed by atoms with E-state index in [1.807, 2.05) is 13.0 Å². The highest BCUT2D eigenvalue weighted by Gasteiger charge is 2.42. The van der Waals surface area contributed by atoms with E-state index in [1.165, 1.54) is 25.5 Å². The molecule has 1 unspecified atom stereocenters. The van der Waals surface area contributed by atoms with Crippen LogP contribution in [0.2, 0.25) is 0 Å². The molecule has 2 atom stereocenters. The molecule has 0 saturated carbocycles. The Morgan fingerprint density at radius 3 is 2.03 bits per heavy atom. The van der Waals surface area contributed by atoms with E-state index in [0.717, 1.165) is 100 Å². The molecule has 4 saturated heterocycles. The Bertz CT molecular complexity index is 2260. The Morgan fingerprint density at radius 2 is 1.40 bits per heavy atom. The van der Waals surface area contributed by atoms with Crippen LogP contribution in [0.25, 0.3) is 0 Å². The number of imide groups is 2. The molecule has 5 aliphatic heterocycles. The van der Waals surface area contributed by atoms with Gasteiger partial charge in [0.15, 0.2) is 11.5 Å². The number of fused-ring (bicyclic) bond motifs is 1. The van der Waals surface area contributed by atoms with Gasteiger partial charge in [-0.25, -0.2) is 8.42 Å². The number of sulfone groups is 1. The molecule has 0 bridgehead atoms. The Morgan fingerprint density at radius 1 is 0.746 bits per heavy atom. The number of likely N-dealkylation sites (tertiary alicyclic amines) is 3. The average Bonchev–Trinajstić information content (AvgIpc) is 3.53. The lowest BCUT2D eigenvalue weighted by molar-refractivity contribution is -0.134. The fourth-order valence-corrected chi connectivity index (χ4v) is 11.3. The molecule has 5 heterocycles. The lowest BCUT2D eigenvalue weighted by atomic mass is 9.86. The molecule has 3 aromatic carbocycles. The highest BCUT2D eigenvalue weighted by atomic mass is 32.2. The summed E-state index contributed by atoms with van der Waals surface area (Å²) in [5, 5.41) is 6.10. The van der Waals surface area contributed by atoms with Crippen LogP contribution in [0.3, 0.4) is 0 Å². The second-order valence-electron chi connectivity index (χ2n) is 18.0. The number of piperidine rings is 4. The highest BCUT2D eigenvalue weighted by Crippen LogP contribution is 2.38. The Balaban J connectivity index is 0.772. The molecule has 14 nitrogen and oxygen atoms in total. The van der Waals surface area contributed by atoms with Crippen LogP contribution in [0.4, 0.5) is 5.69 Å². The van der Waals surface area contributed by atoms with Crippen LogP contribution in [0, 0.1) is 0 Å². The number of methoxy groups -OCH3 is 1. The number of amides is 4. The molecule has 338 valence electrons. The maximum atomic E-state index is 14.0. The third-order valence-electron chi connectivity index (χ3n) is 13.9. The van der Waals surface area contributed by atoms with Crippen molar-refractivity contribution in [1.82, 2.24) is 24.9 Å². The zero-order valence-electron chi connectivity index (χ0n) is 36.9. The molecule has 0 radical (unpaired) electrons. The molecular formula is C48H62N6O8S. The van der Waals surface area contributed by atoms with Gasteiger partial charge in [0.05, 0.1) is 42.6 Å². The first kappa shape index (κ1) is 44.8. The van der Waals surface area contributed by atoms with Gasteiger partial charge in [-0.1, -0.05) is 30.3 Å². The minimum Gasteiger partial charge on any atom is -0.493 e. The molecule has 5 aliphatic rings. The monoisotopic (exact) mass is 882 g/mol. The van der Waals surface area contributed by atoms with E-state index in [-0.39, 0.29) is 34.9 Å². The number of ether oxygens (including phenoxy) is 2. The molecule has 63 heavy (non-hydrogen) atoms. The second-order valence-corrected chi connectivity index (χ2v) is 20.2. The van der Waals surface area contributed by atoms with Gasteiger partial charge >= 0.3 is 0 Å². The van der Waals surface area contributed by atoms with Gasteiger partial charge in [0.2, 0.25) is 11.8 Å². The van der Waals surface area contributed by atoms with Crippen LogP contribution in [0.1, 0.15) is 114 Å². The lowest BCUT2D eigenvalue weighted by Gasteiger charge is -2.42. The summed E-state index contributed by atoms with van der Waals surface area (Å²) < 4.78 is 36.4. The van der Waals surface area contributed by atoms with Crippen LogP contribution in [-0.4, -0.2) is 142 Å². The topological polar surface area (TPSA) is 158 Å². The van der Waals surface area contributed by atoms with E-state index in [4.69, 9.17) is 9.47 Å². The maximum Gasteiger partial charge on any atom is 0.262 e. The Kier molecular flexibility index (Phi) is 13.9. The Labute approximate surface area is 371 Å². The molecule has 15 heteroatoms. The Hall–Kier alpha value is -4.83. The van der Waals surface area contributed by atoms with Gasteiger partial charge in [-0.2, -0.15) is 0 Å². The SMILES string of the molecule is CCOc1cc([C@@H](CS(C)(=O)=O)N2C(=O)c3ccc(NC4CCN(C5CCN(CCN6CCC(c7ccc(C8CCC(=O)NC8=O)cc7)CC6)CC5)CC4)cc3C2=O)ccc1OC. The standard InChI is InChI=1S/C48H62N6O8S/c1-4-62-44-29-35(9-13-43(44)61-2)42(31-63(3,59)60)54-47(57)40-11-10-37(30-41(40)48(54)58)49-36-17-25-53(26-18-36)38-19-23-52(24-20-38)28-27-51-21-15-33(16-22-51)32-5-7-34(8-6-32)39-12-14-45(55)50-46(39)56/h5-11,13,29-30,33,36,38-39,42,49H,4,12,14-28,31H2,1-3H3,(H,50,55,56)/t39?,42-/m1/s1. The molecule has 0 aliphatic carbocycles. The van der Waals surface area contributed by atoms with E-state index in [0.29, 0.717) is 48.5 Å². The van der Waals surface area contributed by atoms with Crippen molar-refractivity contribution in [2.75, 3.05) is 83.4 Å². The minimum atomic E-state index is -3.60. The molecule has 3 aromatic rings. The van der Waals surface area contributed by atoms with Gasteiger partial charge in [0, 0.05) is 56.6 Å². The average molecular weight is 883 g/mol. The summed E-state index contributed by atoms with van der Waals surface area (Å²) in [6.07, 6.45) is 8.68. The summed E-state index contributed by atoms with van der Waals surface area (Å²) in [6, 6.07) is 18.5. The quantitative estimate of drug-likeness (QED) is 0.192. The number of anilines is 1. The van der Waals surface area contributed by atoms with Crippen molar-refractivity contribution in [3.8, 4) is 11.5 Å². The van der Waals surface area contributed by atoms with Gasteiger partial charge in [0.25, 0.3) is 11.8 Å². The summed E-state index contributed by atoms with van der Waals surface area (Å²) in [7, 11) is -2.08. The van der Waals surface area contributed by atoms with Crippen molar-refractivity contribution in [3.63, 3.8) is 0 Å². The number of benzene rings is 3. The van der Waals surface area contributed by atoms with Crippen molar-refractivity contribution in [2.45, 2.75) is 88.3 Å². The summed E-state index contributed by atoms with van der Waals surface area (Å²) in [5.74, 6) is -0.626. The second kappa shape index (κ2) is 19.5. The normalized spacial score (nSPS) is 22.0. The zero-order chi connectivity index (χ0) is 44.3. The van der Waals surface area contributed by atoms with Gasteiger partial charge < -0.3 is 29.5 Å². The smallest absolute Gasteiger partial charge is 0.262 e. The third kappa shape index (κ3) is 10.4. The van der Waals surface area contributed by atoms with E-state index in [2.05, 4.69) is 49.6 Å². The van der Waals surface area contributed by atoms with Gasteiger partial charge in [-0.15, -0.1) is 0 Å². The van der Waals surface area contributed by atoms with Gasteiger partial charge in [-0.3, -0.25) is 29.4 Å². The number of nitrogens with zero attached hydrogens (tertiary/aromatic N) is 4. The first-order valence-corrected chi connectivity index (χ1v) is 24.8. The summed E-state index contributed by atoms with van der Waals surface area (Å²) in [4.78, 5) is 60.6. The number of nitrogens with one attached hydrogen (secondary N) is 2. The van der Waals surface area contributed by atoms with E-state index in [9.17, 15) is 27.6 Å². The molecule has 4 amide bonds. The lowest BCUT2D eigenvalue weighted by Crippen LogP contribution is -2.50. The third-order valence-corrected chi connectivity index (χ3v) is 14.8. The van der Waals surface area contributed by atoms with Crippen molar-refractivity contribution < 1.29 is 37.1 Å². The van der Waals surface area contributed by atoms with Crippen molar-refractivity contribution in [3.05, 3.63) is 88.5 Å². The van der Waals surface area contributed by atoms with E-state index in [1.54, 1.807) is 30.3 Å². The summed E-state index contributed by atoms with van der Waals surface area (Å²) in [5.41, 5.74) is 4.12. The van der Waals surface area contributed by atoms with Crippen molar-refractivity contribution >= 4 is 39.2 Å². The molecular weight excluding hydrogens is 821 g/mol. The number of carbonyl (C=O) groups is 4. The predicted octanol–water partition coefficient (Wildman–Crippen LogP) is 5.22. The highest BCUT2D eigenvalue weighted by molar-refractivity contribution is 7.90. The fourth-order valence-electron chi connectivity index (χ4n) is 10.3. The molecule has 2 N–H and O–H groups in total. The summed E-state index contributed by atoms with van der Waals surface area (Å²) in [6.45, 7) is 10.8. The molecule has 4 fully saturated rings. The number of rotatable bonds is 15. The predicted molar refractivity (Wildman–Crippen MR) is 241 cm³/mol. The van der Waals surface area contributed by atoms with Gasteiger partial charge in [0.1, 0.15) is 9.84 Å². The fraction of sp³-hybridized carbons (Fsp3) is 0.542. The van der Waals surface area contributed by atoms with Crippen molar-refractivity contribution in [1.29, 1.82) is 0 Å². The van der Waals surface area contributed by atoms with Crippen LogP contribution < -0.4 is 20.1 Å². The van der Waals surface area contributed by atoms with E-state index >= 15 is 0 Å². The first-order valence-electron chi connectivity index (χ1n) is 22.8. The van der Waals surface area contributed by atoms with Crippen molar-refractivity contribution in [2.24, 2.45) is 0 Å². The largest absolute Gasteiger partial charge is 0.493 e. The molecule has 0 spiro atoms. The van der Waals surface area contributed by atoms with Gasteiger partial charge in [-0.05, 0) is 131 Å². The van der Waals surface area contributed by atoms with Crippen LogP contribution >= 0.6 is 0 Å². The summed E-state index contributed by atoms with van der Waals surface area (Å²) >= 11 is 0. The number of hydrogen-bond donors (Lipinski definition) is 2. The number of hydrogen-bond acceptors (Lipinski definition) is 12. The van der Waals surface area contributed by atoms with E-state index < -0.39 is 33.4 Å². The number of carbonyl (C=O) groups excluding carboxylic acids is 4. The maximum absolute atomic E-state index is 14.0. The minimum absolute atomic E-state index is 0.177. The van der Waals surface area contributed by atoms with Crippen LogP contribution in [-0.2, 0) is 19.4 Å². The van der Waals surface area contributed by atoms with Crippen LogP contribution in [0.5, 0.6) is 11.5 Å². The molecule has 8 rings (SSSR count). The first-order chi connectivity index (χ1) is 30.4. The zero-order valence-corrected chi connectivity index (χ0v) is 37.7.